The van der Waals surface area contributed by atoms with Crippen LogP contribution >= 0.6 is 0 Å². The molecule has 2 atom stereocenters. The van der Waals surface area contributed by atoms with Gasteiger partial charge in [0.05, 0.1) is 16.7 Å². The summed E-state index contributed by atoms with van der Waals surface area (Å²) in [6.45, 7) is 4.27. The molecule has 114 valence electrons. The highest BCUT2D eigenvalue weighted by atomic mass is 15.1. The second-order valence-electron chi connectivity index (χ2n) is 6.02. The second-order valence-corrected chi connectivity index (χ2v) is 6.02. The molecule has 4 heteroatoms. The molecule has 0 amide bonds. The van der Waals surface area contributed by atoms with Crippen molar-refractivity contribution in [1.29, 1.82) is 0 Å². The second kappa shape index (κ2) is 5.47. The summed E-state index contributed by atoms with van der Waals surface area (Å²) in [6, 6.07) is 8.04. The van der Waals surface area contributed by atoms with Crippen LogP contribution in [0.3, 0.4) is 0 Å². The van der Waals surface area contributed by atoms with Gasteiger partial charge in [0.2, 0.25) is 0 Å². The molecule has 0 fully saturated rings. The van der Waals surface area contributed by atoms with Crippen LogP contribution in [-0.4, -0.2) is 20.2 Å². The number of pyridine rings is 2. The lowest BCUT2D eigenvalue weighted by atomic mass is 9.83. The van der Waals surface area contributed by atoms with Crippen molar-refractivity contribution in [3.8, 4) is 11.3 Å². The minimum Gasteiger partial charge on any atom is -0.285 e. The summed E-state index contributed by atoms with van der Waals surface area (Å²) in [5, 5.41) is 9.45. The number of aromatic nitrogens is 4. The lowest BCUT2D eigenvalue weighted by Crippen LogP contribution is -2.35. The zero-order valence-electron chi connectivity index (χ0n) is 13.2. The molecule has 0 saturated heterocycles. The lowest BCUT2D eigenvalue weighted by molar-refractivity contribution is 0.687. The SMILES string of the molecule is Cc1n[nH]cc1C1C=c2c(-c3ccccn3)ccnc2=CC1C. The summed E-state index contributed by atoms with van der Waals surface area (Å²) in [7, 11) is 0. The molecule has 0 bridgehead atoms. The maximum atomic E-state index is 4.56. The van der Waals surface area contributed by atoms with Crippen LogP contribution in [0, 0.1) is 12.8 Å². The molecule has 2 unspecified atom stereocenters. The molecule has 0 radical (unpaired) electrons. The van der Waals surface area contributed by atoms with Crippen molar-refractivity contribution >= 4 is 12.2 Å². The molecule has 23 heavy (non-hydrogen) atoms. The van der Waals surface area contributed by atoms with E-state index in [1.807, 2.05) is 49.8 Å². The zero-order valence-corrected chi connectivity index (χ0v) is 13.2. The third kappa shape index (κ3) is 2.36. The Bertz CT molecular complexity index is 957. The first-order valence-electron chi connectivity index (χ1n) is 7.84. The van der Waals surface area contributed by atoms with Gasteiger partial charge in [-0.15, -0.1) is 0 Å². The number of nitrogens with one attached hydrogen (secondary N) is 1. The molecule has 4 rings (SSSR count). The van der Waals surface area contributed by atoms with Crippen molar-refractivity contribution in [2.24, 2.45) is 5.92 Å². The van der Waals surface area contributed by atoms with Crippen molar-refractivity contribution in [3.63, 3.8) is 0 Å². The van der Waals surface area contributed by atoms with E-state index in [0.717, 1.165) is 27.5 Å². The Morgan fingerprint density at radius 3 is 2.70 bits per heavy atom. The summed E-state index contributed by atoms with van der Waals surface area (Å²) in [5.74, 6) is 0.679. The average molecular weight is 302 g/mol. The molecule has 1 N–H and O–H groups in total. The van der Waals surface area contributed by atoms with E-state index in [9.17, 15) is 0 Å². The van der Waals surface area contributed by atoms with E-state index in [0.29, 0.717) is 11.8 Å². The van der Waals surface area contributed by atoms with Crippen LogP contribution < -0.4 is 10.6 Å². The van der Waals surface area contributed by atoms with E-state index in [1.165, 1.54) is 5.56 Å². The largest absolute Gasteiger partial charge is 0.285 e. The molecule has 0 aliphatic heterocycles. The molecule has 0 aromatic carbocycles. The summed E-state index contributed by atoms with van der Waals surface area (Å²) in [5.41, 5.74) is 4.41. The number of aromatic amines is 1. The highest BCUT2D eigenvalue weighted by Crippen LogP contribution is 2.30. The van der Waals surface area contributed by atoms with Crippen LogP contribution in [0.25, 0.3) is 23.4 Å². The van der Waals surface area contributed by atoms with E-state index >= 15 is 0 Å². The number of nitrogens with zero attached hydrogens (tertiary/aromatic N) is 3. The van der Waals surface area contributed by atoms with Crippen molar-refractivity contribution in [2.75, 3.05) is 0 Å². The molecule has 1 aliphatic rings. The van der Waals surface area contributed by atoms with E-state index in [4.69, 9.17) is 0 Å². The van der Waals surface area contributed by atoms with Crippen molar-refractivity contribution < 1.29 is 0 Å². The highest BCUT2D eigenvalue weighted by Gasteiger charge is 2.22. The zero-order chi connectivity index (χ0) is 15.8. The van der Waals surface area contributed by atoms with E-state index in [1.54, 1.807) is 0 Å². The van der Waals surface area contributed by atoms with Crippen LogP contribution in [0.5, 0.6) is 0 Å². The molecule has 0 spiro atoms. The van der Waals surface area contributed by atoms with Gasteiger partial charge in [-0.1, -0.05) is 25.1 Å². The average Bonchev–Trinajstić information content (AvgIpc) is 3.00. The molecular weight excluding hydrogens is 284 g/mol. The number of hydrogen-bond acceptors (Lipinski definition) is 3. The summed E-state index contributed by atoms with van der Waals surface area (Å²) >= 11 is 0. The normalized spacial score (nSPS) is 19.6. The predicted octanol–water partition coefficient (Wildman–Crippen LogP) is 2.17. The van der Waals surface area contributed by atoms with E-state index in [2.05, 4.69) is 39.2 Å². The Hall–Kier alpha value is -2.75. The van der Waals surface area contributed by atoms with Gasteiger partial charge in [-0.05, 0) is 31.0 Å². The first-order chi connectivity index (χ1) is 11.2. The van der Waals surface area contributed by atoms with Crippen molar-refractivity contribution in [2.45, 2.75) is 19.8 Å². The number of rotatable bonds is 2. The van der Waals surface area contributed by atoms with Gasteiger partial charge in [-0.25, -0.2) is 0 Å². The Kier molecular flexibility index (Phi) is 3.30. The van der Waals surface area contributed by atoms with Crippen molar-refractivity contribution in [3.05, 3.63) is 64.7 Å². The van der Waals surface area contributed by atoms with Crippen LogP contribution in [0.2, 0.25) is 0 Å². The maximum absolute atomic E-state index is 4.56. The topological polar surface area (TPSA) is 54.5 Å². The molecule has 4 nitrogen and oxygen atoms in total. The first-order valence-corrected chi connectivity index (χ1v) is 7.84. The molecule has 3 heterocycles. The Morgan fingerprint density at radius 1 is 1.04 bits per heavy atom. The monoisotopic (exact) mass is 302 g/mol. The fourth-order valence-corrected chi connectivity index (χ4v) is 3.30. The number of hydrogen-bond donors (Lipinski definition) is 1. The molecule has 0 saturated carbocycles. The fourth-order valence-electron chi connectivity index (χ4n) is 3.30. The third-order valence-electron chi connectivity index (χ3n) is 4.52. The Labute approximate surface area is 134 Å². The third-order valence-corrected chi connectivity index (χ3v) is 4.52. The minimum absolute atomic E-state index is 0.299. The summed E-state index contributed by atoms with van der Waals surface area (Å²) in [4.78, 5) is 9.06. The first kappa shape index (κ1) is 13.9. The Balaban J connectivity index is 1.95. The van der Waals surface area contributed by atoms with Gasteiger partial charge < -0.3 is 0 Å². The summed E-state index contributed by atoms with van der Waals surface area (Å²) in [6.07, 6.45) is 10.3. The van der Waals surface area contributed by atoms with E-state index in [-0.39, 0.29) is 0 Å². The lowest BCUT2D eigenvalue weighted by Gasteiger charge is -2.21. The fraction of sp³-hybridized carbons (Fsp3) is 0.211. The number of aryl methyl sites for hydroxylation is 1. The Morgan fingerprint density at radius 2 is 1.96 bits per heavy atom. The highest BCUT2D eigenvalue weighted by molar-refractivity contribution is 5.64. The van der Waals surface area contributed by atoms with Gasteiger partial charge in [0.25, 0.3) is 0 Å². The van der Waals surface area contributed by atoms with Gasteiger partial charge in [0.15, 0.2) is 0 Å². The molecule has 3 aromatic heterocycles. The van der Waals surface area contributed by atoms with Crippen molar-refractivity contribution in [1.82, 2.24) is 20.2 Å². The van der Waals surface area contributed by atoms with Gasteiger partial charge >= 0.3 is 0 Å². The minimum atomic E-state index is 0.299. The van der Waals surface area contributed by atoms with Crippen LogP contribution in [0.4, 0.5) is 0 Å². The number of H-pyrrole nitrogens is 1. The van der Waals surface area contributed by atoms with Crippen LogP contribution in [0.1, 0.15) is 24.1 Å². The maximum Gasteiger partial charge on any atom is 0.0709 e. The van der Waals surface area contributed by atoms with Crippen LogP contribution in [-0.2, 0) is 0 Å². The van der Waals surface area contributed by atoms with Gasteiger partial charge in [-0.2, -0.15) is 5.10 Å². The van der Waals surface area contributed by atoms with E-state index < -0.39 is 0 Å². The molecule has 3 aromatic rings. The quantitative estimate of drug-likeness (QED) is 0.789. The van der Waals surface area contributed by atoms with Gasteiger partial charge in [0.1, 0.15) is 0 Å². The summed E-state index contributed by atoms with van der Waals surface area (Å²) < 4.78 is 0. The van der Waals surface area contributed by atoms with Gasteiger partial charge in [-0.3, -0.25) is 15.1 Å². The smallest absolute Gasteiger partial charge is 0.0709 e. The number of fused-ring (bicyclic) bond motifs is 1. The molecule has 1 aliphatic carbocycles. The standard InChI is InChI=1S/C19H18N4/c1-12-9-19-16(10-15(12)17-11-22-23-13(17)2)14(6-8-21-19)18-5-3-4-7-20-18/h3-12,15H,1-2H3,(H,22,23). The predicted molar refractivity (Wildman–Crippen MR) is 90.9 cm³/mol. The molecular formula is C19H18N4. The van der Waals surface area contributed by atoms with Crippen LogP contribution in [0.15, 0.2) is 42.9 Å². The van der Waals surface area contributed by atoms with Gasteiger partial charge in [0, 0.05) is 40.9 Å².